The highest BCUT2D eigenvalue weighted by molar-refractivity contribution is 7.89. The third kappa shape index (κ3) is 31.2. The van der Waals surface area contributed by atoms with Crippen molar-refractivity contribution in [2.45, 2.75) is 290 Å². The fourth-order valence-electron chi connectivity index (χ4n) is 15.0. The predicted molar refractivity (Wildman–Crippen MR) is 488 cm³/mol. The summed E-state index contributed by atoms with van der Waals surface area (Å²) in [6.07, 6.45) is -1.91. The summed E-state index contributed by atoms with van der Waals surface area (Å²) >= 11 is 0. The average molecular weight is 1810 g/mol. The third-order valence-electron chi connectivity index (χ3n) is 21.7. The number of unbranched alkanes of at least 4 members (excludes halogenated alkanes) is 1. The first kappa shape index (κ1) is 104. The van der Waals surface area contributed by atoms with Crippen molar-refractivity contribution in [3.05, 3.63) is 159 Å². The van der Waals surface area contributed by atoms with Crippen molar-refractivity contribution in [1.29, 1.82) is 5.41 Å². The van der Waals surface area contributed by atoms with Crippen LogP contribution in [0, 0.1) is 49.9 Å². The predicted octanol–water partition coefficient (Wildman–Crippen LogP) is 8.26. The number of carbonyl (C=O) groups is 12. The van der Waals surface area contributed by atoms with E-state index in [9.17, 15) is 33.9 Å². The van der Waals surface area contributed by atoms with Crippen LogP contribution in [-0.2, 0) is 91.4 Å². The number of esters is 1. The van der Waals surface area contributed by atoms with Gasteiger partial charge in [0, 0.05) is 55.6 Å². The molecule has 34 heteroatoms. The van der Waals surface area contributed by atoms with Crippen LogP contribution in [-0.4, -0.2) is 203 Å². The number of hydrogen-bond donors (Lipinski definition) is 13. The standard InChI is InChI=1S/C95H132N14O19S/c1-19-57(4)77(88(119)109(129(123,124)79-59(6)58(5)78-66(60(79)7)54-95(17,18)127-78)75(43-32-48-99-90(97)98)86(117)102-69(89(120)121)42-30-31-47-100-91(122)128-94(14,15)16)107-84(115)72(52-62-36-24-21-25-37-62)104-81(112)70(50-56(2)3)103-83(114)73(53-76(110)126-93(11,12)13)105-82(113)71(51-61-34-22-20-23-35-61)106-85(116)74-44-33-49-108(74)87(118)65-40-28-26-38-63(65)45-46-64-39-27-29-41-68(64)101-80(111)67(96)55-125-92(8,9)10/h20-29,34-41,56-57,67,69-75,77H,19,30-33,42-44,47-55,96H2,1-18H3,(H,100,122)(H,101,111)(H,102,117)(H,103,114)(H,104,112)(H,105,113)(H,106,116)(H,107,115)(H,120,121)(H4,97,98,99)/t57-,67-,69-,70-,71-,72-,73-,74-,75-,77-/m0/s1. The quantitative estimate of drug-likeness (QED) is 0.00575. The minimum absolute atomic E-state index is 0.0397. The summed E-state index contributed by atoms with van der Waals surface area (Å²) in [5, 5.41) is 43.0. The molecule has 0 aromatic heterocycles. The van der Waals surface area contributed by atoms with Crippen molar-refractivity contribution in [2.75, 3.05) is 31.6 Å². The molecule has 1 saturated heterocycles. The Morgan fingerprint density at radius 1 is 0.628 bits per heavy atom. The highest BCUT2D eigenvalue weighted by Gasteiger charge is 2.49. The van der Waals surface area contributed by atoms with E-state index in [2.05, 4.69) is 59.7 Å². The number of fused-ring (bicyclic) bond motifs is 1. The number of rotatable bonds is 41. The summed E-state index contributed by atoms with van der Waals surface area (Å²) in [5.41, 5.74) is 12.1. The summed E-state index contributed by atoms with van der Waals surface area (Å²) in [6.45, 7) is 30.4. The number of likely N-dealkylation sites (tertiary alicyclic amines) is 1. The third-order valence-corrected chi connectivity index (χ3v) is 23.8. The van der Waals surface area contributed by atoms with Crippen LogP contribution in [0.2, 0.25) is 0 Å². The van der Waals surface area contributed by atoms with E-state index < -0.39 is 189 Å². The van der Waals surface area contributed by atoms with Gasteiger partial charge < -0.3 is 88.3 Å². The van der Waals surface area contributed by atoms with Crippen LogP contribution in [0.3, 0.4) is 0 Å². The summed E-state index contributed by atoms with van der Waals surface area (Å²) in [4.78, 5) is 178. The molecule has 0 bridgehead atoms. The number of hydrogen-bond acceptors (Lipinski definition) is 20. The average Bonchev–Trinajstić information content (AvgIpc) is 1.69. The van der Waals surface area contributed by atoms with Gasteiger partial charge in [0.25, 0.3) is 21.8 Å². The lowest BCUT2D eigenvalue weighted by Crippen LogP contribution is -2.63. The van der Waals surface area contributed by atoms with Gasteiger partial charge in [0.2, 0.25) is 41.4 Å². The molecule has 5 aromatic carbocycles. The Bertz CT molecular complexity index is 5030. The second-order valence-corrected chi connectivity index (χ2v) is 38.7. The number of anilines is 1. The van der Waals surface area contributed by atoms with Crippen LogP contribution in [0.25, 0.3) is 0 Å². The number of alkyl carbamates (subject to hydrolysis) is 1. The van der Waals surface area contributed by atoms with E-state index in [1.54, 1.807) is 192 Å². The van der Waals surface area contributed by atoms with Crippen molar-refractivity contribution in [3.63, 3.8) is 0 Å². The summed E-state index contributed by atoms with van der Waals surface area (Å²) in [5.74, 6) is -6.19. The number of carboxylic acid groups (broad SMARTS) is 1. The number of aliphatic carboxylic acids is 1. The Balaban J connectivity index is 1.22. The van der Waals surface area contributed by atoms with Gasteiger partial charge in [-0.25, -0.2) is 22.3 Å². The molecule has 129 heavy (non-hydrogen) atoms. The number of carboxylic acids is 1. The number of amides is 10. The van der Waals surface area contributed by atoms with E-state index in [-0.39, 0.29) is 112 Å². The van der Waals surface area contributed by atoms with E-state index in [0.29, 0.717) is 55.5 Å². The lowest BCUT2D eigenvalue weighted by molar-refractivity contribution is -0.156. The molecule has 1 fully saturated rings. The van der Waals surface area contributed by atoms with Gasteiger partial charge in [0.1, 0.15) is 76.9 Å². The fourth-order valence-corrected chi connectivity index (χ4v) is 17.1. The number of para-hydroxylation sites is 1. The van der Waals surface area contributed by atoms with Crippen molar-refractivity contribution in [1.82, 2.24) is 51.7 Å². The van der Waals surface area contributed by atoms with E-state index in [0.717, 1.165) is 0 Å². The molecule has 0 saturated carbocycles. The second-order valence-electron chi connectivity index (χ2n) is 36.9. The minimum atomic E-state index is -5.36. The summed E-state index contributed by atoms with van der Waals surface area (Å²) < 4.78 is 56.5. The number of benzene rings is 5. The van der Waals surface area contributed by atoms with Gasteiger partial charge in [-0.15, -0.1) is 0 Å². The molecule has 0 spiro atoms. The van der Waals surface area contributed by atoms with Crippen LogP contribution < -0.4 is 64.1 Å². The number of nitrogens with zero attached hydrogens (tertiary/aromatic N) is 2. The summed E-state index contributed by atoms with van der Waals surface area (Å²) in [7, 11) is -5.36. The zero-order chi connectivity index (χ0) is 95.8. The first-order valence-corrected chi connectivity index (χ1v) is 45.3. The normalized spacial score (nSPS) is 15.7. The maximum atomic E-state index is 16.5. The molecule has 5 aromatic rings. The molecule has 2 aliphatic heterocycles. The van der Waals surface area contributed by atoms with Crippen molar-refractivity contribution >= 4 is 92.9 Å². The molecule has 15 N–H and O–H groups in total. The molecule has 10 amide bonds. The number of sulfonamides is 1. The van der Waals surface area contributed by atoms with E-state index in [1.165, 1.54) is 11.8 Å². The van der Waals surface area contributed by atoms with Crippen molar-refractivity contribution < 1.29 is 90.0 Å². The molecule has 7 rings (SSSR count). The minimum Gasteiger partial charge on any atom is -0.487 e. The van der Waals surface area contributed by atoms with Gasteiger partial charge in [-0.3, -0.25) is 53.4 Å². The Kier molecular flexibility index (Phi) is 37.4. The van der Waals surface area contributed by atoms with Gasteiger partial charge in [-0.2, -0.15) is 0 Å². The fraction of sp³-hybridized carbons (Fsp3) is 0.526. The Morgan fingerprint density at radius 3 is 1.75 bits per heavy atom. The van der Waals surface area contributed by atoms with Crippen molar-refractivity contribution in [2.24, 2.45) is 23.3 Å². The first-order valence-electron chi connectivity index (χ1n) is 43.9. The lowest BCUT2D eigenvalue weighted by atomic mass is 9.94. The largest absolute Gasteiger partial charge is 0.487 e. The highest BCUT2D eigenvalue weighted by Crippen LogP contribution is 2.45. The zero-order valence-electron chi connectivity index (χ0n) is 77.5. The molecular weight excluding hydrogens is 1670 g/mol. The van der Waals surface area contributed by atoms with E-state index >= 15 is 37.2 Å². The lowest BCUT2D eigenvalue weighted by Gasteiger charge is -2.36. The molecule has 10 atom stereocenters. The van der Waals surface area contributed by atoms with Gasteiger partial charge in [-0.05, 0) is 212 Å². The molecular formula is C95H132N14O19S. The van der Waals surface area contributed by atoms with Crippen molar-refractivity contribution in [3.8, 4) is 17.6 Å². The highest BCUT2D eigenvalue weighted by atomic mass is 32.2. The van der Waals surface area contributed by atoms with Crippen LogP contribution in [0.5, 0.6) is 5.75 Å². The molecule has 2 aliphatic rings. The molecule has 33 nitrogen and oxygen atoms in total. The van der Waals surface area contributed by atoms with Crippen LogP contribution in [0.15, 0.2) is 114 Å². The molecule has 2 heterocycles. The van der Waals surface area contributed by atoms with Crippen LogP contribution >= 0.6 is 0 Å². The van der Waals surface area contributed by atoms with E-state index in [4.69, 9.17) is 35.8 Å². The molecule has 0 radical (unpaired) electrons. The first-order chi connectivity index (χ1) is 60.4. The number of guanidine groups is 1. The van der Waals surface area contributed by atoms with Crippen LogP contribution in [0.4, 0.5) is 10.5 Å². The maximum absolute atomic E-state index is 16.5. The molecule has 0 aliphatic carbocycles. The topological polar surface area (TPSA) is 487 Å². The Hall–Kier alpha value is -12.0. The number of nitrogens with one attached hydrogen (secondary N) is 10. The smallest absolute Gasteiger partial charge is 0.407 e. The van der Waals surface area contributed by atoms with Gasteiger partial charge in [-0.1, -0.05) is 131 Å². The van der Waals surface area contributed by atoms with Crippen LogP contribution in [0.1, 0.15) is 223 Å². The number of ether oxygens (including phenoxy) is 4. The van der Waals surface area contributed by atoms with Gasteiger partial charge >= 0.3 is 18.0 Å². The molecule has 0 unspecified atom stereocenters. The Labute approximate surface area is 757 Å². The monoisotopic (exact) mass is 1800 g/mol. The Morgan fingerprint density at radius 2 is 1.16 bits per heavy atom. The number of carbonyl (C=O) groups excluding carboxylic acids is 11. The maximum Gasteiger partial charge on any atom is 0.407 e. The van der Waals surface area contributed by atoms with Gasteiger partial charge in [0.15, 0.2) is 5.96 Å². The SMILES string of the molecule is CC[C@H](C)[C@H](NC(=O)[C@H](Cc1ccccc1)NC(=O)[C@H](CC(C)C)NC(=O)[C@H](CC(=O)OC(C)(C)C)NC(=O)[C@H](Cc1ccccc1)NC(=O)[C@@H]1CCCN1C(=O)c1ccccc1C#Cc1ccccc1NC(=O)[C@@H](N)COC(C)(C)C)C(=O)N([C@@H](CCCNC(=N)N)C(=O)N[C@@H](CCCCNC(=O)OC(C)(C)C)C(=O)O)S(=O)(=O)c1c(C)c(C)c2c(c1C)CC(C)(C)O2. The zero-order valence-corrected chi connectivity index (χ0v) is 78.3. The molecule has 702 valence electrons. The summed E-state index contributed by atoms with van der Waals surface area (Å²) in [6, 6.07) is 15.9. The van der Waals surface area contributed by atoms with E-state index in [1.807, 2.05) is 34.6 Å². The second kappa shape index (κ2) is 46.3. The van der Waals surface area contributed by atoms with Gasteiger partial charge in [0.05, 0.1) is 34.8 Å². The number of nitrogens with two attached hydrogens (primary N) is 2.